The Labute approximate surface area is 170 Å². The molecule has 1 amide bonds. The van der Waals surface area contributed by atoms with Gasteiger partial charge in [0.05, 0.1) is 0 Å². The molecule has 0 aliphatic heterocycles. The fourth-order valence-electron chi connectivity index (χ4n) is 2.25. The van der Waals surface area contributed by atoms with Crippen LogP contribution >= 0.6 is 0 Å². The molecule has 2 aromatic rings. The SMILES string of the molecule is C=CCNc1nc(N(C)C(=O)OC(C)(C)C)nc(OCc2ccccc2)c1C=O. The number of hydrogen-bond acceptors (Lipinski definition) is 7. The number of aldehydes is 1. The lowest BCUT2D eigenvalue weighted by Gasteiger charge is -2.24. The molecule has 0 saturated carbocycles. The molecule has 0 saturated heterocycles. The van der Waals surface area contributed by atoms with Gasteiger partial charge in [0.1, 0.15) is 23.6 Å². The van der Waals surface area contributed by atoms with Crippen molar-refractivity contribution >= 4 is 24.1 Å². The number of benzene rings is 1. The maximum atomic E-state index is 12.4. The number of anilines is 2. The van der Waals surface area contributed by atoms with Gasteiger partial charge in [-0.1, -0.05) is 36.4 Å². The van der Waals surface area contributed by atoms with E-state index in [2.05, 4.69) is 21.9 Å². The summed E-state index contributed by atoms with van der Waals surface area (Å²) in [6.45, 7) is 9.51. The molecule has 0 spiro atoms. The summed E-state index contributed by atoms with van der Waals surface area (Å²) in [4.78, 5) is 33.8. The highest BCUT2D eigenvalue weighted by atomic mass is 16.6. The Morgan fingerprint density at radius 1 is 1.24 bits per heavy atom. The van der Waals surface area contributed by atoms with E-state index in [-0.39, 0.29) is 29.8 Å². The van der Waals surface area contributed by atoms with Crippen molar-refractivity contribution in [1.29, 1.82) is 0 Å². The van der Waals surface area contributed by atoms with Gasteiger partial charge in [-0.2, -0.15) is 9.97 Å². The van der Waals surface area contributed by atoms with Crippen molar-refractivity contribution in [3.63, 3.8) is 0 Å². The highest BCUT2D eigenvalue weighted by molar-refractivity contribution is 5.89. The zero-order chi connectivity index (χ0) is 21.4. The summed E-state index contributed by atoms with van der Waals surface area (Å²) in [6.07, 6.45) is 1.61. The summed E-state index contributed by atoms with van der Waals surface area (Å²) in [5, 5.41) is 2.98. The van der Waals surface area contributed by atoms with Gasteiger partial charge in [0.25, 0.3) is 0 Å². The fraction of sp³-hybridized carbons (Fsp3) is 0.333. The number of amides is 1. The van der Waals surface area contributed by atoms with Gasteiger partial charge in [-0.15, -0.1) is 6.58 Å². The third kappa shape index (κ3) is 6.31. The summed E-state index contributed by atoms with van der Waals surface area (Å²) in [5.41, 5.74) is 0.389. The second-order valence-electron chi connectivity index (χ2n) is 7.19. The van der Waals surface area contributed by atoms with Gasteiger partial charge < -0.3 is 14.8 Å². The van der Waals surface area contributed by atoms with Crippen molar-refractivity contribution in [2.45, 2.75) is 33.0 Å². The Morgan fingerprint density at radius 3 is 2.52 bits per heavy atom. The van der Waals surface area contributed by atoms with Gasteiger partial charge in [0.2, 0.25) is 11.8 Å². The van der Waals surface area contributed by atoms with Gasteiger partial charge in [-0.3, -0.25) is 4.79 Å². The van der Waals surface area contributed by atoms with Gasteiger partial charge in [-0.05, 0) is 26.3 Å². The number of ether oxygens (including phenoxy) is 2. The Bertz CT molecular complexity index is 863. The number of carbonyl (C=O) groups is 2. The van der Waals surface area contributed by atoms with Crippen LogP contribution < -0.4 is 15.0 Å². The monoisotopic (exact) mass is 398 g/mol. The molecule has 0 bridgehead atoms. The summed E-state index contributed by atoms with van der Waals surface area (Å²) >= 11 is 0. The van der Waals surface area contributed by atoms with E-state index in [1.807, 2.05) is 30.3 Å². The van der Waals surface area contributed by atoms with E-state index < -0.39 is 11.7 Å². The summed E-state index contributed by atoms with van der Waals surface area (Å²) in [7, 11) is 1.49. The first kappa shape index (κ1) is 21.9. The zero-order valence-corrected chi connectivity index (χ0v) is 17.1. The van der Waals surface area contributed by atoms with Crippen LogP contribution in [0.1, 0.15) is 36.7 Å². The predicted octanol–water partition coefficient (Wildman–Crippen LogP) is 3.84. The minimum atomic E-state index is -0.676. The molecular weight excluding hydrogens is 372 g/mol. The first-order valence-electron chi connectivity index (χ1n) is 9.10. The van der Waals surface area contributed by atoms with E-state index in [1.165, 1.54) is 7.05 Å². The van der Waals surface area contributed by atoms with E-state index in [0.717, 1.165) is 10.5 Å². The Hall–Kier alpha value is -3.42. The van der Waals surface area contributed by atoms with Crippen molar-refractivity contribution in [1.82, 2.24) is 9.97 Å². The van der Waals surface area contributed by atoms with Crippen molar-refractivity contribution in [3.8, 4) is 5.88 Å². The highest BCUT2D eigenvalue weighted by Gasteiger charge is 2.25. The van der Waals surface area contributed by atoms with Crippen LogP contribution in [0.3, 0.4) is 0 Å². The van der Waals surface area contributed by atoms with E-state index in [9.17, 15) is 9.59 Å². The van der Waals surface area contributed by atoms with E-state index in [1.54, 1.807) is 26.8 Å². The molecule has 1 aromatic carbocycles. The van der Waals surface area contributed by atoms with E-state index >= 15 is 0 Å². The molecule has 1 heterocycles. The summed E-state index contributed by atoms with van der Waals surface area (Å²) < 4.78 is 11.1. The van der Waals surface area contributed by atoms with Crippen LogP contribution in [0, 0.1) is 0 Å². The number of nitrogens with zero attached hydrogens (tertiary/aromatic N) is 3. The van der Waals surface area contributed by atoms with Crippen LogP contribution in [-0.4, -0.2) is 41.5 Å². The number of hydrogen-bond donors (Lipinski definition) is 1. The molecule has 0 aliphatic carbocycles. The molecule has 0 fully saturated rings. The second kappa shape index (κ2) is 9.68. The quantitative estimate of drug-likeness (QED) is 0.533. The molecular formula is C21H26N4O4. The van der Waals surface area contributed by atoms with Crippen LogP contribution in [0.2, 0.25) is 0 Å². The lowest BCUT2D eigenvalue weighted by Crippen LogP contribution is -2.35. The average Bonchev–Trinajstić information content (AvgIpc) is 2.69. The van der Waals surface area contributed by atoms with Gasteiger partial charge >= 0.3 is 6.09 Å². The molecule has 1 N–H and O–H groups in total. The molecule has 0 unspecified atom stereocenters. The Morgan fingerprint density at radius 2 is 1.93 bits per heavy atom. The second-order valence-corrected chi connectivity index (χ2v) is 7.19. The minimum Gasteiger partial charge on any atom is -0.472 e. The van der Waals surface area contributed by atoms with E-state index in [4.69, 9.17) is 9.47 Å². The number of rotatable bonds is 8. The largest absolute Gasteiger partial charge is 0.472 e. The maximum absolute atomic E-state index is 12.4. The number of nitrogens with one attached hydrogen (secondary N) is 1. The molecule has 0 radical (unpaired) electrons. The molecule has 2 rings (SSSR count). The molecule has 29 heavy (non-hydrogen) atoms. The summed E-state index contributed by atoms with van der Waals surface area (Å²) in [5.74, 6) is 0.346. The topological polar surface area (TPSA) is 93.7 Å². The Kier molecular flexibility index (Phi) is 7.30. The van der Waals surface area contributed by atoms with Crippen LogP contribution in [0.15, 0.2) is 43.0 Å². The highest BCUT2D eigenvalue weighted by Crippen LogP contribution is 2.26. The van der Waals surface area contributed by atoms with Crippen molar-refractivity contribution in [2.24, 2.45) is 0 Å². The molecule has 8 heteroatoms. The third-order valence-electron chi connectivity index (χ3n) is 3.62. The van der Waals surface area contributed by atoms with Gasteiger partial charge in [0, 0.05) is 13.6 Å². The minimum absolute atomic E-state index is 0.0412. The Balaban J connectivity index is 2.38. The van der Waals surface area contributed by atoms with Gasteiger partial charge in [0.15, 0.2) is 6.29 Å². The number of carbonyl (C=O) groups excluding carboxylic acids is 2. The molecule has 0 atom stereocenters. The van der Waals surface area contributed by atoms with Crippen molar-refractivity contribution < 1.29 is 19.1 Å². The molecule has 8 nitrogen and oxygen atoms in total. The predicted molar refractivity (Wildman–Crippen MR) is 112 cm³/mol. The smallest absolute Gasteiger partial charge is 0.416 e. The number of aromatic nitrogens is 2. The molecule has 1 aromatic heterocycles. The lowest BCUT2D eigenvalue weighted by atomic mass is 10.2. The average molecular weight is 398 g/mol. The van der Waals surface area contributed by atoms with Gasteiger partial charge in [-0.25, -0.2) is 9.69 Å². The van der Waals surface area contributed by atoms with Crippen molar-refractivity contribution in [2.75, 3.05) is 23.8 Å². The first-order valence-corrected chi connectivity index (χ1v) is 9.10. The van der Waals surface area contributed by atoms with E-state index in [0.29, 0.717) is 12.8 Å². The van der Waals surface area contributed by atoms with Crippen LogP contribution in [0.5, 0.6) is 5.88 Å². The lowest BCUT2D eigenvalue weighted by molar-refractivity contribution is 0.0587. The third-order valence-corrected chi connectivity index (χ3v) is 3.62. The van der Waals surface area contributed by atoms with Crippen LogP contribution in [0.25, 0.3) is 0 Å². The normalized spacial score (nSPS) is 10.8. The standard InChI is InChI=1S/C21H26N4O4/c1-6-12-22-17-16(13-26)18(28-14-15-10-8-7-9-11-15)24-19(23-17)25(5)20(27)29-21(2,3)4/h6-11,13H,1,12,14H2,2-5H3,(H,22,23,24). The maximum Gasteiger partial charge on any atom is 0.416 e. The van der Waals surface area contributed by atoms with Crippen molar-refractivity contribution in [3.05, 3.63) is 54.1 Å². The molecule has 0 aliphatic rings. The summed E-state index contributed by atoms with van der Waals surface area (Å²) in [6, 6.07) is 9.46. The van der Waals surface area contributed by atoms with Crippen LogP contribution in [-0.2, 0) is 11.3 Å². The zero-order valence-electron chi connectivity index (χ0n) is 17.1. The first-order chi connectivity index (χ1) is 13.7. The molecule has 154 valence electrons. The fourth-order valence-corrected chi connectivity index (χ4v) is 2.25. The van der Waals surface area contributed by atoms with Crippen LogP contribution in [0.4, 0.5) is 16.6 Å².